The molecule has 0 aromatic heterocycles. The maximum atomic E-state index is 11.1. The fraction of sp³-hybridized carbons (Fsp3) is 1.00. The maximum Gasteiger partial charge on any atom is 0.147 e. The van der Waals surface area contributed by atoms with Crippen molar-refractivity contribution < 1.29 is 8.42 Å². The van der Waals surface area contributed by atoms with E-state index in [1.54, 1.807) is 0 Å². The second-order valence-electron chi connectivity index (χ2n) is 4.58. The minimum Gasteiger partial charge on any atom is -0.316 e. The number of nitrogens with one attached hydrogen (secondary N) is 1. The summed E-state index contributed by atoms with van der Waals surface area (Å²) in [5.74, 6) is 2.76. The molecule has 0 saturated carbocycles. The highest BCUT2D eigenvalue weighted by molar-refractivity contribution is 8.07. The van der Waals surface area contributed by atoms with E-state index in [4.69, 9.17) is 0 Å². The zero-order valence-corrected chi connectivity index (χ0v) is 13.3. The molecule has 0 aromatic rings. The van der Waals surface area contributed by atoms with Crippen LogP contribution in [0.3, 0.4) is 0 Å². The van der Waals surface area contributed by atoms with E-state index in [1.807, 2.05) is 30.6 Å². The average molecular weight is 298 g/mol. The molecular weight excluding hydrogens is 274 g/mol. The van der Waals surface area contributed by atoms with Gasteiger partial charge in [-0.2, -0.15) is 23.5 Å². The van der Waals surface area contributed by atoms with Crippen molar-refractivity contribution in [2.24, 2.45) is 0 Å². The molecule has 1 aliphatic heterocycles. The van der Waals surface area contributed by atoms with E-state index >= 15 is 0 Å². The molecule has 1 saturated heterocycles. The molecule has 3 unspecified atom stereocenters. The second-order valence-corrected chi connectivity index (χ2v) is 9.61. The highest BCUT2D eigenvalue weighted by atomic mass is 32.2. The summed E-state index contributed by atoms with van der Waals surface area (Å²) >= 11 is 4.06. The third kappa shape index (κ3) is 5.85. The van der Waals surface area contributed by atoms with Gasteiger partial charge in [0.15, 0.2) is 0 Å². The van der Waals surface area contributed by atoms with E-state index < -0.39 is 9.84 Å². The first-order valence-corrected chi connectivity index (χ1v) is 10.2. The van der Waals surface area contributed by atoms with Gasteiger partial charge in [0.25, 0.3) is 0 Å². The summed E-state index contributed by atoms with van der Waals surface area (Å²) in [6.07, 6.45) is 3.03. The van der Waals surface area contributed by atoms with Crippen molar-refractivity contribution in [2.75, 3.05) is 30.6 Å². The molecule has 3 atom stereocenters. The van der Waals surface area contributed by atoms with Crippen LogP contribution in [0.25, 0.3) is 0 Å². The maximum absolute atomic E-state index is 11.1. The lowest BCUT2D eigenvalue weighted by Crippen LogP contribution is -2.42. The van der Waals surface area contributed by atoms with Gasteiger partial charge in [-0.1, -0.05) is 6.92 Å². The molecule has 3 nitrogen and oxygen atoms in total. The van der Waals surface area contributed by atoms with E-state index in [9.17, 15) is 8.42 Å². The Morgan fingerprint density at radius 2 is 2.00 bits per heavy atom. The summed E-state index contributed by atoms with van der Waals surface area (Å²) < 4.78 is 22.2. The largest absolute Gasteiger partial charge is 0.316 e. The van der Waals surface area contributed by atoms with E-state index in [0.717, 1.165) is 12.8 Å². The number of rotatable bonds is 6. The van der Waals surface area contributed by atoms with Gasteiger partial charge in [-0.05, 0) is 19.9 Å². The molecule has 0 radical (unpaired) electrons. The lowest BCUT2D eigenvalue weighted by atomic mass is 10.1. The van der Waals surface area contributed by atoms with Crippen molar-refractivity contribution >= 4 is 33.4 Å². The average Bonchev–Trinajstić information content (AvgIpc) is 2.24. The van der Waals surface area contributed by atoms with Gasteiger partial charge in [-0.15, -0.1) is 0 Å². The fourth-order valence-corrected chi connectivity index (χ4v) is 5.86. The summed E-state index contributed by atoms with van der Waals surface area (Å²) in [4.78, 5) is 0. The van der Waals surface area contributed by atoms with Gasteiger partial charge in [-0.25, -0.2) is 8.42 Å². The predicted octanol–water partition coefficient (Wildman–Crippen LogP) is 1.64. The van der Waals surface area contributed by atoms with Crippen LogP contribution in [0, 0.1) is 0 Å². The van der Waals surface area contributed by atoms with Crippen molar-refractivity contribution in [1.82, 2.24) is 5.32 Å². The third-order valence-electron chi connectivity index (χ3n) is 3.03. The topological polar surface area (TPSA) is 46.2 Å². The van der Waals surface area contributed by atoms with Gasteiger partial charge < -0.3 is 5.32 Å². The normalized spacial score (nSPS) is 27.9. The van der Waals surface area contributed by atoms with Crippen LogP contribution in [0.2, 0.25) is 0 Å². The molecule has 0 aliphatic carbocycles. The molecule has 1 heterocycles. The van der Waals surface area contributed by atoms with Gasteiger partial charge >= 0.3 is 0 Å². The van der Waals surface area contributed by atoms with Crippen LogP contribution in [0.5, 0.6) is 0 Å². The predicted molar refractivity (Wildman–Crippen MR) is 80.0 cm³/mol. The molecule has 17 heavy (non-hydrogen) atoms. The van der Waals surface area contributed by atoms with E-state index in [2.05, 4.69) is 12.2 Å². The van der Waals surface area contributed by atoms with Crippen LogP contribution in [-0.4, -0.2) is 55.5 Å². The van der Waals surface area contributed by atoms with Crippen molar-refractivity contribution in [1.29, 1.82) is 0 Å². The Kier molecular flexibility index (Phi) is 6.69. The summed E-state index contributed by atoms with van der Waals surface area (Å²) in [5, 5.41) is 4.63. The second kappa shape index (κ2) is 7.26. The highest BCUT2D eigenvalue weighted by Gasteiger charge is 2.29. The molecule has 0 aromatic carbocycles. The first-order chi connectivity index (χ1) is 7.94. The Bertz CT molecular complexity index is 319. The van der Waals surface area contributed by atoms with Gasteiger partial charge in [-0.3, -0.25) is 0 Å². The van der Waals surface area contributed by atoms with Crippen molar-refractivity contribution in [3.63, 3.8) is 0 Å². The monoisotopic (exact) mass is 297 g/mol. The first-order valence-electron chi connectivity index (χ1n) is 6.02. The summed E-state index contributed by atoms with van der Waals surface area (Å²) in [6, 6.07) is 0.435. The van der Waals surface area contributed by atoms with Crippen molar-refractivity contribution in [3.8, 4) is 0 Å². The Morgan fingerprint density at radius 3 is 2.53 bits per heavy atom. The molecule has 0 amide bonds. The Hall–Kier alpha value is 0.610. The van der Waals surface area contributed by atoms with Gasteiger partial charge in [0.05, 0.1) is 0 Å². The molecule has 102 valence electrons. The smallest absolute Gasteiger partial charge is 0.147 e. The van der Waals surface area contributed by atoms with Gasteiger partial charge in [0.2, 0.25) is 0 Å². The third-order valence-corrected chi connectivity index (χ3v) is 7.32. The molecular formula is C11H23NO2S3. The number of hydrogen-bond donors (Lipinski definition) is 1. The molecule has 1 rings (SSSR count). The lowest BCUT2D eigenvalue weighted by Gasteiger charge is -2.34. The fourth-order valence-electron chi connectivity index (χ4n) is 2.13. The molecule has 1 aliphatic rings. The minimum absolute atomic E-state index is 0.310. The SMILES string of the molecule is CNC(CCCS(C)(=O)=O)C1SCCSC1C. The van der Waals surface area contributed by atoms with Crippen molar-refractivity contribution in [2.45, 2.75) is 36.3 Å². The number of hydrogen-bond acceptors (Lipinski definition) is 5. The molecule has 1 N–H and O–H groups in total. The van der Waals surface area contributed by atoms with Crippen LogP contribution in [-0.2, 0) is 9.84 Å². The molecule has 0 spiro atoms. The summed E-state index contributed by atoms with van der Waals surface area (Å²) in [5.41, 5.74) is 0. The van der Waals surface area contributed by atoms with Gasteiger partial charge in [0, 0.05) is 40.1 Å². The van der Waals surface area contributed by atoms with E-state index in [1.165, 1.54) is 17.8 Å². The van der Waals surface area contributed by atoms with Crippen LogP contribution >= 0.6 is 23.5 Å². The Balaban J connectivity index is 2.41. The van der Waals surface area contributed by atoms with E-state index in [-0.39, 0.29) is 0 Å². The van der Waals surface area contributed by atoms with E-state index in [0.29, 0.717) is 22.3 Å². The zero-order valence-electron chi connectivity index (χ0n) is 10.8. The minimum atomic E-state index is -2.81. The van der Waals surface area contributed by atoms with Crippen LogP contribution in [0.15, 0.2) is 0 Å². The van der Waals surface area contributed by atoms with Crippen molar-refractivity contribution in [3.05, 3.63) is 0 Å². The molecule has 0 bridgehead atoms. The molecule has 6 heteroatoms. The Labute approximate surface area is 114 Å². The van der Waals surface area contributed by atoms with Crippen LogP contribution in [0.4, 0.5) is 0 Å². The zero-order chi connectivity index (χ0) is 12.9. The Morgan fingerprint density at radius 1 is 1.35 bits per heavy atom. The number of sulfone groups is 1. The van der Waals surface area contributed by atoms with Crippen LogP contribution < -0.4 is 5.32 Å². The quantitative estimate of drug-likeness (QED) is 0.807. The van der Waals surface area contributed by atoms with Crippen LogP contribution in [0.1, 0.15) is 19.8 Å². The summed E-state index contributed by atoms with van der Waals surface area (Å²) in [7, 11) is -0.828. The lowest BCUT2D eigenvalue weighted by molar-refractivity contribution is 0.492. The number of thioether (sulfide) groups is 2. The highest BCUT2D eigenvalue weighted by Crippen LogP contribution is 2.34. The van der Waals surface area contributed by atoms with Gasteiger partial charge in [0.1, 0.15) is 9.84 Å². The molecule has 1 fully saturated rings. The summed E-state index contributed by atoms with van der Waals surface area (Å²) in [6.45, 7) is 2.28. The standard InChI is InChI=1S/C11H23NO2S3/c1-9-11(16-7-6-15-9)10(12-2)5-4-8-17(3,13)14/h9-12H,4-8H2,1-3H3. The first kappa shape index (κ1) is 15.7.